The fourth-order valence-electron chi connectivity index (χ4n) is 1.78. The van der Waals surface area contributed by atoms with Gasteiger partial charge < -0.3 is 10.1 Å². The van der Waals surface area contributed by atoms with Gasteiger partial charge in [-0.25, -0.2) is 15.0 Å². The Bertz CT molecular complexity index is 604. The molecule has 0 fully saturated rings. The Hall–Kier alpha value is -1.69. The van der Waals surface area contributed by atoms with E-state index in [1.54, 1.807) is 13.2 Å². The Morgan fingerprint density at radius 3 is 2.65 bits per heavy atom. The zero-order valence-electron chi connectivity index (χ0n) is 11.8. The van der Waals surface area contributed by atoms with E-state index in [1.165, 1.54) is 0 Å². The molecule has 0 saturated heterocycles. The molecule has 0 aliphatic rings. The average Bonchev–Trinajstić information content (AvgIpc) is 2.49. The van der Waals surface area contributed by atoms with Crippen LogP contribution in [-0.2, 0) is 6.42 Å². The number of hydrogen-bond donors (Lipinski definition) is 1. The van der Waals surface area contributed by atoms with E-state index in [0.717, 1.165) is 29.0 Å². The van der Waals surface area contributed by atoms with Gasteiger partial charge in [0.15, 0.2) is 5.82 Å². The summed E-state index contributed by atoms with van der Waals surface area (Å²) < 4.78 is 6.05. The molecule has 106 valence electrons. The molecule has 2 heterocycles. The lowest BCUT2D eigenvalue weighted by Gasteiger charge is -2.11. The number of ether oxygens (including phenoxy) is 1. The zero-order chi connectivity index (χ0) is 14.5. The number of aryl methyl sites for hydroxylation is 1. The number of methoxy groups -OCH3 is 1. The van der Waals surface area contributed by atoms with Crippen LogP contribution in [0.15, 0.2) is 22.7 Å². The minimum absolute atomic E-state index is 0.553. The first-order valence-electron chi connectivity index (χ1n) is 6.51. The van der Waals surface area contributed by atoms with Crippen LogP contribution in [0.5, 0.6) is 5.88 Å². The van der Waals surface area contributed by atoms with Gasteiger partial charge in [0.25, 0.3) is 0 Å². The second kappa shape index (κ2) is 6.65. The van der Waals surface area contributed by atoms with Crippen molar-refractivity contribution >= 4 is 21.7 Å². The molecule has 2 aromatic rings. The minimum Gasteiger partial charge on any atom is -0.481 e. The van der Waals surface area contributed by atoms with E-state index < -0.39 is 0 Å². The summed E-state index contributed by atoms with van der Waals surface area (Å²) in [4.78, 5) is 13.5. The van der Waals surface area contributed by atoms with Crippen molar-refractivity contribution in [3.8, 4) is 17.4 Å². The number of nitrogens with one attached hydrogen (secondary N) is 1. The highest BCUT2D eigenvalue weighted by atomic mass is 79.9. The van der Waals surface area contributed by atoms with Crippen LogP contribution in [0.1, 0.15) is 19.5 Å². The van der Waals surface area contributed by atoms with Crippen molar-refractivity contribution in [3.63, 3.8) is 0 Å². The Kier molecular flexibility index (Phi) is 4.89. The van der Waals surface area contributed by atoms with Crippen molar-refractivity contribution in [3.05, 3.63) is 28.4 Å². The summed E-state index contributed by atoms with van der Waals surface area (Å²) >= 11 is 3.54. The molecular formula is C14H17BrN4O. The van der Waals surface area contributed by atoms with Crippen molar-refractivity contribution in [2.75, 3.05) is 19.0 Å². The summed E-state index contributed by atoms with van der Waals surface area (Å²) in [5.41, 5.74) is 1.65. The maximum atomic E-state index is 5.14. The van der Waals surface area contributed by atoms with Crippen LogP contribution in [0, 0.1) is 0 Å². The SMILES string of the molecule is CCNc1nc(-c2cccc(OC)n2)nc(CC)c1Br. The third-order valence-corrected chi connectivity index (χ3v) is 3.59. The quantitative estimate of drug-likeness (QED) is 0.907. The van der Waals surface area contributed by atoms with Crippen LogP contribution in [0.3, 0.4) is 0 Å². The summed E-state index contributed by atoms with van der Waals surface area (Å²) in [5.74, 6) is 1.94. The highest BCUT2D eigenvalue weighted by molar-refractivity contribution is 9.10. The second-order valence-corrected chi connectivity index (χ2v) is 4.90. The number of anilines is 1. The van der Waals surface area contributed by atoms with E-state index in [2.05, 4.69) is 43.1 Å². The third-order valence-electron chi connectivity index (χ3n) is 2.76. The Morgan fingerprint density at radius 1 is 1.20 bits per heavy atom. The topological polar surface area (TPSA) is 59.9 Å². The van der Waals surface area contributed by atoms with Gasteiger partial charge in [-0.3, -0.25) is 0 Å². The Labute approximate surface area is 127 Å². The van der Waals surface area contributed by atoms with E-state index in [1.807, 2.05) is 19.1 Å². The Balaban J connectivity index is 2.52. The molecule has 0 saturated carbocycles. The number of nitrogens with zero attached hydrogens (tertiary/aromatic N) is 3. The van der Waals surface area contributed by atoms with Gasteiger partial charge in [-0.2, -0.15) is 0 Å². The number of aromatic nitrogens is 3. The van der Waals surface area contributed by atoms with Crippen LogP contribution in [0.4, 0.5) is 5.82 Å². The van der Waals surface area contributed by atoms with Crippen LogP contribution >= 0.6 is 15.9 Å². The van der Waals surface area contributed by atoms with Gasteiger partial charge in [-0.15, -0.1) is 0 Å². The molecule has 5 nitrogen and oxygen atoms in total. The van der Waals surface area contributed by atoms with Crippen molar-refractivity contribution in [2.45, 2.75) is 20.3 Å². The molecule has 1 N–H and O–H groups in total. The van der Waals surface area contributed by atoms with E-state index in [-0.39, 0.29) is 0 Å². The highest BCUT2D eigenvalue weighted by Crippen LogP contribution is 2.27. The minimum atomic E-state index is 0.553. The molecule has 0 radical (unpaired) electrons. The van der Waals surface area contributed by atoms with Crippen LogP contribution < -0.4 is 10.1 Å². The van der Waals surface area contributed by atoms with E-state index in [4.69, 9.17) is 4.74 Å². The lowest BCUT2D eigenvalue weighted by atomic mass is 10.2. The molecule has 0 amide bonds. The molecule has 0 aromatic carbocycles. The summed E-state index contributed by atoms with van der Waals surface area (Å²) in [6.07, 6.45) is 0.818. The zero-order valence-corrected chi connectivity index (χ0v) is 13.4. The summed E-state index contributed by atoms with van der Waals surface area (Å²) in [7, 11) is 1.59. The molecule has 20 heavy (non-hydrogen) atoms. The molecule has 6 heteroatoms. The molecule has 0 atom stereocenters. The number of hydrogen-bond acceptors (Lipinski definition) is 5. The first kappa shape index (κ1) is 14.7. The number of rotatable bonds is 5. The van der Waals surface area contributed by atoms with Gasteiger partial charge in [0.2, 0.25) is 5.88 Å². The van der Waals surface area contributed by atoms with Crippen LogP contribution in [-0.4, -0.2) is 28.6 Å². The first-order valence-corrected chi connectivity index (χ1v) is 7.30. The molecule has 0 spiro atoms. The standard InChI is InChI=1S/C14H17BrN4O/c1-4-9-12(15)14(16-5-2)19-13(18-9)10-7-6-8-11(17-10)20-3/h6-8H,4-5H2,1-3H3,(H,16,18,19). The van der Waals surface area contributed by atoms with E-state index in [0.29, 0.717) is 17.4 Å². The number of halogens is 1. The monoisotopic (exact) mass is 336 g/mol. The lowest BCUT2D eigenvalue weighted by Crippen LogP contribution is -2.06. The normalized spacial score (nSPS) is 10.4. The van der Waals surface area contributed by atoms with Crippen molar-refractivity contribution in [1.82, 2.24) is 15.0 Å². The van der Waals surface area contributed by atoms with Crippen molar-refractivity contribution in [2.24, 2.45) is 0 Å². The van der Waals surface area contributed by atoms with Gasteiger partial charge in [0.1, 0.15) is 11.5 Å². The van der Waals surface area contributed by atoms with Gasteiger partial charge >= 0.3 is 0 Å². The predicted molar refractivity (Wildman–Crippen MR) is 83.1 cm³/mol. The molecule has 2 aromatic heterocycles. The highest BCUT2D eigenvalue weighted by Gasteiger charge is 2.13. The van der Waals surface area contributed by atoms with Crippen molar-refractivity contribution in [1.29, 1.82) is 0 Å². The van der Waals surface area contributed by atoms with Gasteiger partial charge in [0, 0.05) is 12.6 Å². The van der Waals surface area contributed by atoms with Gasteiger partial charge in [-0.05, 0) is 35.3 Å². The van der Waals surface area contributed by atoms with Crippen LogP contribution in [0.2, 0.25) is 0 Å². The summed E-state index contributed by atoms with van der Waals surface area (Å²) in [6.45, 7) is 4.89. The predicted octanol–water partition coefficient (Wildman–Crippen LogP) is 3.30. The fourth-order valence-corrected chi connectivity index (χ4v) is 2.38. The molecule has 0 aliphatic carbocycles. The molecule has 0 bridgehead atoms. The average molecular weight is 337 g/mol. The van der Waals surface area contributed by atoms with E-state index >= 15 is 0 Å². The smallest absolute Gasteiger partial charge is 0.213 e. The second-order valence-electron chi connectivity index (χ2n) is 4.11. The van der Waals surface area contributed by atoms with Crippen LogP contribution in [0.25, 0.3) is 11.5 Å². The maximum absolute atomic E-state index is 5.14. The maximum Gasteiger partial charge on any atom is 0.213 e. The summed E-state index contributed by atoms with van der Waals surface area (Å²) in [5, 5.41) is 3.23. The van der Waals surface area contributed by atoms with Gasteiger partial charge in [0.05, 0.1) is 17.3 Å². The summed E-state index contributed by atoms with van der Waals surface area (Å²) in [6, 6.07) is 5.56. The fraction of sp³-hybridized carbons (Fsp3) is 0.357. The largest absolute Gasteiger partial charge is 0.481 e. The van der Waals surface area contributed by atoms with Gasteiger partial charge in [-0.1, -0.05) is 13.0 Å². The molecule has 0 aliphatic heterocycles. The Morgan fingerprint density at radius 2 is 2.00 bits per heavy atom. The number of pyridine rings is 1. The molecular weight excluding hydrogens is 320 g/mol. The van der Waals surface area contributed by atoms with E-state index in [9.17, 15) is 0 Å². The van der Waals surface area contributed by atoms with Crippen molar-refractivity contribution < 1.29 is 4.74 Å². The lowest BCUT2D eigenvalue weighted by molar-refractivity contribution is 0.398. The molecule has 0 unspecified atom stereocenters. The molecule has 2 rings (SSSR count). The third kappa shape index (κ3) is 3.07. The first-order chi connectivity index (χ1) is 9.69.